The Balaban J connectivity index is 2.05. The molecule has 0 aliphatic heterocycles. The number of carbonyl (C=O) groups excluding carboxylic acids is 1. The molecule has 1 aliphatic rings. The first kappa shape index (κ1) is 14.7. The second kappa shape index (κ2) is 6.19. The van der Waals surface area contributed by atoms with Crippen LogP contribution < -0.4 is 11.1 Å². The molecule has 106 valence electrons. The zero-order chi connectivity index (χ0) is 13.9. The number of hydrogen-bond acceptors (Lipinski definition) is 6. The maximum absolute atomic E-state index is 11.9. The van der Waals surface area contributed by atoms with E-state index in [2.05, 4.69) is 22.4 Å². The van der Waals surface area contributed by atoms with Crippen LogP contribution in [0.15, 0.2) is 4.34 Å². The fraction of sp³-hybridized carbons (Fsp3) is 0.750. The van der Waals surface area contributed by atoms with Crippen LogP contribution in [0.5, 0.6) is 0 Å². The standard InChI is InChI=1S/C12H20N4OS2/c1-3-6-14-12(10(13)17,9-4-5-9)7-18-11-16-15-8(2)19-11/h9,14H,3-7H2,1-2H3,(H2,13,17). The van der Waals surface area contributed by atoms with Crippen molar-refractivity contribution >= 4 is 29.0 Å². The third kappa shape index (κ3) is 3.46. The van der Waals surface area contributed by atoms with E-state index in [9.17, 15) is 4.79 Å². The van der Waals surface area contributed by atoms with Gasteiger partial charge in [-0.3, -0.25) is 4.79 Å². The lowest BCUT2D eigenvalue weighted by atomic mass is 9.94. The third-order valence-corrected chi connectivity index (χ3v) is 5.50. The summed E-state index contributed by atoms with van der Waals surface area (Å²) in [5.41, 5.74) is 5.09. The summed E-state index contributed by atoms with van der Waals surface area (Å²) in [6, 6.07) is 0. The van der Waals surface area contributed by atoms with E-state index in [0.717, 1.165) is 35.2 Å². The van der Waals surface area contributed by atoms with Crippen LogP contribution in [0.1, 0.15) is 31.2 Å². The molecule has 1 aromatic rings. The first-order chi connectivity index (χ1) is 9.08. The molecule has 1 unspecified atom stereocenters. The first-order valence-electron chi connectivity index (χ1n) is 6.56. The minimum Gasteiger partial charge on any atom is -0.368 e. The van der Waals surface area contributed by atoms with Crippen molar-refractivity contribution in [3.63, 3.8) is 0 Å². The molecule has 0 saturated heterocycles. The number of nitrogens with two attached hydrogens (primary N) is 1. The topological polar surface area (TPSA) is 80.9 Å². The summed E-state index contributed by atoms with van der Waals surface area (Å²) in [4.78, 5) is 11.9. The van der Waals surface area contributed by atoms with Crippen molar-refractivity contribution in [1.29, 1.82) is 0 Å². The van der Waals surface area contributed by atoms with Crippen molar-refractivity contribution < 1.29 is 4.79 Å². The van der Waals surface area contributed by atoms with Crippen molar-refractivity contribution in [2.45, 2.75) is 43.0 Å². The lowest BCUT2D eigenvalue weighted by Gasteiger charge is -2.31. The van der Waals surface area contributed by atoms with E-state index < -0.39 is 5.54 Å². The molecule has 0 aromatic carbocycles. The summed E-state index contributed by atoms with van der Waals surface area (Å²) >= 11 is 3.13. The number of carbonyl (C=O) groups is 1. The number of nitrogens with zero attached hydrogens (tertiary/aromatic N) is 2. The summed E-state index contributed by atoms with van der Waals surface area (Å²) in [6.07, 6.45) is 3.15. The normalized spacial score (nSPS) is 18.2. The van der Waals surface area contributed by atoms with Crippen LogP contribution in [-0.4, -0.2) is 33.9 Å². The lowest BCUT2D eigenvalue weighted by Crippen LogP contribution is -2.59. The van der Waals surface area contributed by atoms with Crippen molar-refractivity contribution in [2.75, 3.05) is 12.3 Å². The maximum Gasteiger partial charge on any atom is 0.238 e. The van der Waals surface area contributed by atoms with Gasteiger partial charge >= 0.3 is 0 Å². The molecule has 2 rings (SSSR count). The molecule has 7 heteroatoms. The van der Waals surface area contributed by atoms with Crippen LogP contribution in [0.3, 0.4) is 0 Å². The monoisotopic (exact) mass is 300 g/mol. The summed E-state index contributed by atoms with van der Waals surface area (Å²) in [5, 5.41) is 12.4. The maximum atomic E-state index is 11.9. The Kier molecular flexibility index (Phi) is 4.81. The number of hydrogen-bond donors (Lipinski definition) is 2. The molecule has 0 bridgehead atoms. The highest BCUT2D eigenvalue weighted by molar-refractivity contribution is 8.01. The molecular formula is C12H20N4OS2. The van der Waals surface area contributed by atoms with E-state index >= 15 is 0 Å². The average molecular weight is 300 g/mol. The molecular weight excluding hydrogens is 280 g/mol. The molecule has 1 saturated carbocycles. The predicted molar refractivity (Wildman–Crippen MR) is 78.3 cm³/mol. The Bertz CT molecular complexity index is 447. The molecule has 1 heterocycles. The van der Waals surface area contributed by atoms with Crippen LogP contribution >= 0.6 is 23.1 Å². The number of amides is 1. The zero-order valence-electron chi connectivity index (χ0n) is 11.3. The predicted octanol–water partition coefficient (Wildman–Crippen LogP) is 1.57. The second-order valence-electron chi connectivity index (χ2n) is 4.91. The molecule has 0 radical (unpaired) electrons. The molecule has 3 N–H and O–H groups in total. The highest BCUT2D eigenvalue weighted by Gasteiger charge is 2.49. The van der Waals surface area contributed by atoms with Gasteiger partial charge in [-0.25, -0.2) is 0 Å². The van der Waals surface area contributed by atoms with Crippen molar-refractivity contribution in [1.82, 2.24) is 15.5 Å². The van der Waals surface area contributed by atoms with Gasteiger partial charge in [0.1, 0.15) is 10.5 Å². The number of aryl methyl sites for hydroxylation is 1. The number of thioether (sulfide) groups is 1. The summed E-state index contributed by atoms with van der Waals surface area (Å²) in [6.45, 7) is 4.83. The fourth-order valence-corrected chi connectivity index (χ4v) is 4.23. The van der Waals surface area contributed by atoms with E-state index in [1.165, 1.54) is 0 Å². The van der Waals surface area contributed by atoms with Gasteiger partial charge in [-0.15, -0.1) is 10.2 Å². The van der Waals surface area contributed by atoms with E-state index in [0.29, 0.717) is 11.7 Å². The molecule has 1 aliphatic carbocycles. The number of rotatable bonds is 8. The molecule has 1 aromatic heterocycles. The Labute approximate surface area is 121 Å². The fourth-order valence-electron chi connectivity index (χ4n) is 2.11. The smallest absolute Gasteiger partial charge is 0.238 e. The number of aromatic nitrogens is 2. The van der Waals surface area contributed by atoms with Crippen LogP contribution in [0, 0.1) is 12.8 Å². The Hall–Kier alpha value is -0.660. The van der Waals surface area contributed by atoms with Gasteiger partial charge in [-0.2, -0.15) is 0 Å². The van der Waals surface area contributed by atoms with Crippen molar-refractivity contribution in [3.8, 4) is 0 Å². The van der Waals surface area contributed by atoms with Crippen LogP contribution in [-0.2, 0) is 4.79 Å². The molecule has 19 heavy (non-hydrogen) atoms. The van der Waals surface area contributed by atoms with Crippen LogP contribution in [0.25, 0.3) is 0 Å². The van der Waals surface area contributed by atoms with Gasteiger partial charge in [-0.1, -0.05) is 30.0 Å². The summed E-state index contributed by atoms with van der Waals surface area (Å²) in [7, 11) is 0. The minimum atomic E-state index is -0.583. The lowest BCUT2D eigenvalue weighted by molar-refractivity contribution is -0.124. The highest BCUT2D eigenvalue weighted by atomic mass is 32.2. The van der Waals surface area contributed by atoms with Crippen molar-refractivity contribution in [2.24, 2.45) is 11.7 Å². The summed E-state index contributed by atoms with van der Waals surface area (Å²) in [5.74, 6) is 0.775. The van der Waals surface area contributed by atoms with E-state index in [-0.39, 0.29) is 5.91 Å². The average Bonchev–Trinajstić information content (AvgIpc) is 3.13. The van der Waals surface area contributed by atoms with Gasteiger partial charge in [-0.05, 0) is 38.6 Å². The van der Waals surface area contributed by atoms with Gasteiger partial charge in [0.05, 0.1) is 0 Å². The summed E-state index contributed by atoms with van der Waals surface area (Å²) < 4.78 is 0.905. The Morgan fingerprint density at radius 2 is 2.32 bits per heavy atom. The number of primary amides is 1. The second-order valence-corrected chi connectivity index (χ2v) is 7.32. The SMILES string of the molecule is CCCNC(CSc1nnc(C)s1)(C(N)=O)C1CC1. The quantitative estimate of drug-likeness (QED) is 0.712. The van der Waals surface area contributed by atoms with E-state index in [1.54, 1.807) is 23.1 Å². The van der Waals surface area contributed by atoms with Gasteiger partial charge in [0, 0.05) is 5.75 Å². The Morgan fingerprint density at radius 1 is 1.58 bits per heavy atom. The van der Waals surface area contributed by atoms with E-state index in [4.69, 9.17) is 5.73 Å². The van der Waals surface area contributed by atoms with Gasteiger partial charge in [0.2, 0.25) is 5.91 Å². The molecule has 1 atom stereocenters. The van der Waals surface area contributed by atoms with Gasteiger partial charge in [0.15, 0.2) is 4.34 Å². The Morgan fingerprint density at radius 3 is 2.79 bits per heavy atom. The van der Waals surface area contributed by atoms with Crippen LogP contribution in [0.2, 0.25) is 0 Å². The minimum absolute atomic E-state index is 0.239. The molecule has 0 spiro atoms. The third-order valence-electron chi connectivity index (χ3n) is 3.34. The van der Waals surface area contributed by atoms with Gasteiger partial charge in [0.25, 0.3) is 0 Å². The van der Waals surface area contributed by atoms with Crippen LogP contribution in [0.4, 0.5) is 0 Å². The first-order valence-corrected chi connectivity index (χ1v) is 8.36. The molecule has 1 fully saturated rings. The highest BCUT2D eigenvalue weighted by Crippen LogP contribution is 2.42. The molecule has 1 amide bonds. The largest absolute Gasteiger partial charge is 0.368 e. The van der Waals surface area contributed by atoms with E-state index in [1.807, 2.05) is 6.92 Å². The number of nitrogens with one attached hydrogen (secondary N) is 1. The zero-order valence-corrected chi connectivity index (χ0v) is 12.9. The van der Waals surface area contributed by atoms with Crippen molar-refractivity contribution in [3.05, 3.63) is 5.01 Å². The van der Waals surface area contributed by atoms with Gasteiger partial charge < -0.3 is 11.1 Å². The molecule has 5 nitrogen and oxygen atoms in total.